The van der Waals surface area contributed by atoms with Gasteiger partial charge in [-0.1, -0.05) is 53.8 Å². The van der Waals surface area contributed by atoms with E-state index in [1.807, 2.05) is 31.2 Å². The highest BCUT2D eigenvalue weighted by molar-refractivity contribution is 7.22. The fourth-order valence-corrected chi connectivity index (χ4v) is 4.21. The number of urea groups is 1. The molecule has 3 aromatic rings. The molecule has 4 rings (SSSR count). The molecule has 7 nitrogen and oxygen atoms in total. The average molecular weight is 394 g/mol. The number of carbonyl (C=O) groups is 3. The summed E-state index contributed by atoms with van der Waals surface area (Å²) in [4.78, 5) is 43.0. The lowest BCUT2D eigenvalue weighted by molar-refractivity contribution is -0.133. The lowest BCUT2D eigenvalue weighted by Crippen LogP contribution is -2.42. The van der Waals surface area contributed by atoms with Crippen LogP contribution in [0.15, 0.2) is 48.5 Å². The zero-order valence-electron chi connectivity index (χ0n) is 15.4. The number of benzene rings is 2. The number of rotatable bonds is 4. The van der Waals surface area contributed by atoms with Crippen LogP contribution in [0.25, 0.3) is 10.2 Å². The molecule has 1 unspecified atom stereocenters. The standard InChI is InChI=1S/C20H18N4O3S/c1-12-7-6-10-14-16(12)22-18(28-14)21-15(25)11-24-17(26)20(2,23-19(24)27)13-8-4-3-5-9-13/h3-10H,11H2,1-2H3,(H,23,27)(H,21,22,25). The maximum absolute atomic E-state index is 12.9. The Morgan fingerprint density at radius 1 is 1.18 bits per heavy atom. The number of aryl methyl sites for hydroxylation is 1. The van der Waals surface area contributed by atoms with E-state index in [1.165, 1.54) is 11.3 Å². The van der Waals surface area contributed by atoms with E-state index in [4.69, 9.17) is 0 Å². The molecule has 0 saturated carbocycles. The molecule has 4 amide bonds. The van der Waals surface area contributed by atoms with Crippen LogP contribution < -0.4 is 10.6 Å². The number of anilines is 1. The summed E-state index contributed by atoms with van der Waals surface area (Å²) >= 11 is 1.35. The van der Waals surface area contributed by atoms with Gasteiger partial charge in [-0.3, -0.25) is 14.5 Å². The predicted octanol–water partition coefficient (Wildman–Crippen LogP) is 3.01. The van der Waals surface area contributed by atoms with Gasteiger partial charge in [0.1, 0.15) is 12.1 Å². The summed E-state index contributed by atoms with van der Waals surface area (Å²) in [5.74, 6) is -0.934. The normalized spacial score (nSPS) is 19.1. The van der Waals surface area contributed by atoms with Crippen LogP contribution in [0.3, 0.4) is 0 Å². The Hall–Kier alpha value is -3.26. The number of thiazole rings is 1. The number of amides is 4. The van der Waals surface area contributed by atoms with Crippen LogP contribution >= 0.6 is 11.3 Å². The van der Waals surface area contributed by atoms with Crippen molar-refractivity contribution in [1.29, 1.82) is 0 Å². The van der Waals surface area contributed by atoms with Crippen LogP contribution in [0.4, 0.5) is 9.93 Å². The minimum Gasteiger partial charge on any atom is -0.319 e. The summed E-state index contributed by atoms with van der Waals surface area (Å²) in [6.07, 6.45) is 0. The third-order valence-electron chi connectivity index (χ3n) is 4.79. The minimum atomic E-state index is -1.19. The van der Waals surface area contributed by atoms with Gasteiger partial charge in [0.25, 0.3) is 5.91 Å². The van der Waals surface area contributed by atoms with E-state index in [-0.39, 0.29) is 6.54 Å². The molecule has 1 aliphatic rings. The maximum Gasteiger partial charge on any atom is 0.325 e. The van der Waals surface area contributed by atoms with Crippen LogP contribution in [0, 0.1) is 6.92 Å². The summed E-state index contributed by atoms with van der Waals surface area (Å²) in [6.45, 7) is 3.21. The van der Waals surface area contributed by atoms with Crippen molar-refractivity contribution in [2.45, 2.75) is 19.4 Å². The van der Waals surface area contributed by atoms with Crippen molar-refractivity contribution in [3.63, 3.8) is 0 Å². The number of para-hydroxylation sites is 1. The smallest absolute Gasteiger partial charge is 0.319 e. The van der Waals surface area contributed by atoms with E-state index >= 15 is 0 Å². The van der Waals surface area contributed by atoms with Crippen molar-refractivity contribution in [3.05, 3.63) is 59.7 Å². The molecule has 0 aliphatic carbocycles. The summed E-state index contributed by atoms with van der Waals surface area (Å²) in [5.41, 5.74) is 1.32. The van der Waals surface area contributed by atoms with Gasteiger partial charge in [-0.15, -0.1) is 0 Å². The molecule has 1 fully saturated rings. The summed E-state index contributed by atoms with van der Waals surface area (Å²) in [7, 11) is 0. The van der Waals surface area contributed by atoms with E-state index in [9.17, 15) is 14.4 Å². The van der Waals surface area contributed by atoms with Gasteiger partial charge < -0.3 is 10.6 Å². The van der Waals surface area contributed by atoms with Gasteiger partial charge in [-0.25, -0.2) is 9.78 Å². The van der Waals surface area contributed by atoms with E-state index in [0.29, 0.717) is 10.7 Å². The quantitative estimate of drug-likeness (QED) is 0.666. The summed E-state index contributed by atoms with van der Waals surface area (Å²) in [5, 5.41) is 5.81. The largest absolute Gasteiger partial charge is 0.325 e. The highest BCUT2D eigenvalue weighted by Crippen LogP contribution is 2.30. The topological polar surface area (TPSA) is 91.4 Å². The Bertz CT molecular complexity index is 1100. The first kappa shape index (κ1) is 18.1. The molecule has 2 heterocycles. The number of nitrogens with zero attached hydrogens (tertiary/aromatic N) is 2. The molecule has 2 aromatic carbocycles. The van der Waals surface area contributed by atoms with Crippen LogP contribution in [-0.2, 0) is 15.1 Å². The zero-order valence-corrected chi connectivity index (χ0v) is 16.2. The number of imide groups is 1. The Morgan fingerprint density at radius 3 is 2.64 bits per heavy atom. The summed E-state index contributed by atoms with van der Waals surface area (Å²) in [6, 6.07) is 14.2. The molecular formula is C20H18N4O3S. The SMILES string of the molecule is Cc1cccc2sc(NC(=O)CN3C(=O)NC(C)(c4ccccc4)C3=O)nc12. The molecule has 2 N–H and O–H groups in total. The van der Waals surface area contributed by atoms with Crippen molar-refractivity contribution < 1.29 is 14.4 Å². The lowest BCUT2D eigenvalue weighted by atomic mass is 9.92. The second-order valence-corrected chi connectivity index (χ2v) is 7.83. The Kier molecular flexibility index (Phi) is 4.35. The van der Waals surface area contributed by atoms with Crippen molar-refractivity contribution in [2.75, 3.05) is 11.9 Å². The zero-order chi connectivity index (χ0) is 19.9. The second-order valence-electron chi connectivity index (χ2n) is 6.80. The third kappa shape index (κ3) is 3.01. The van der Waals surface area contributed by atoms with E-state index in [0.717, 1.165) is 20.7 Å². The Balaban J connectivity index is 1.50. The monoisotopic (exact) mass is 394 g/mol. The van der Waals surface area contributed by atoms with Crippen molar-refractivity contribution in [1.82, 2.24) is 15.2 Å². The molecule has 1 saturated heterocycles. The fourth-order valence-electron chi connectivity index (χ4n) is 3.25. The van der Waals surface area contributed by atoms with Crippen LogP contribution in [0.1, 0.15) is 18.1 Å². The van der Waals surface area contributed by atoms with Gasteiger partial charge in [0.2, 0.25) is 5.91 Å². The molecular weight excluding hydrogens is 376 g/mol. The van der Waals surface area contributed by atoms with E-state index in [1.54, 1.807) is 31.2 Å². The highest BCUT2D eigenvalue weighted by atomic mass is 32.1. The molecule has 28 heavy (non-hydrogen) atoms. The predicted molar refractivity (Wildman–Crippen MR) is 107 cm³/mol. The Labute approximate surface area is 165 Å². The van der Waals surface area contributed by atoms with Crippen LogP contribution in [0.5, 0.6) is 0 Å². The first-order chi connectivity index (χ1) is 13.4. The second kappa shape index (κ2) is 6.72. The highest BCUT2D eigenvalue weighted by Gasteiger charge is 2.49. The molecule has 0 bridgehead atoms. The van der Waals surface area contributed by atoms with Crippen LogP contribution in [0.2, 0.25) is 0 Å². The van der Waals surface area contributed by atoms with Gasteiger partial charge in [-0.2, -0.15) is 0 Å². The lowest BCUT2D eigenvalue weighted by Gasteiger charge is -2.21. The number of nitrogens with one attached hydrogen (secondary N) is 2. The molecule has 1 atom stereocenters. The van der Waals surface area contributed by atoms with E-state index in [2.05, 4.69) is 15.6 Å². The molecule has 1 aromatic heterocycles. The van der Waals surface area contributed by atoms with Gasteiger partial charge in [0.15, 0.2) is 5.13 Å². The molecule has 1 aliphatic heterocycles. The number of carbonyl (C=O) groups excluding carboxylic acids is 3. The minimum absolute atomic E-state index is 0.373. The van der Waals surface area contributed by atoms with Gasteiger partial charge in [0.05, 0.1) is 10.2 Å². The number of fused-ring (bicyclic) bond motifs is 1. The summed E-state index contributed by atoms with van der Waals surface area (Å²) < 4.78 is 0.960. The molecule has 0 radical (unpaired) electrons. The van der Waals surface area contributed by atoms with Gasteiger partial charge in [0, 0.05) is 0 Å². The number of hydrogen-bond acceptors (Lipinski definition) is 5. The first-order valence-corrected chi connectivity index (χ1v) is 9.56. The van der Waals surface area contributed by atoms with Gasteiger partial charge >= 0.3 is 6.03 Å². The van der Waals surface area contributed by atoms with E-state index < -0.39 is 23.4 Å². The van der Waals surface area contributed by atoms with Crippen molar-refractivity contribution in [2.24, 2.45) is 0 Å². The van der Waals surface area contributed by atoms with Gasteiger partial charge in [-0.05, 0) is 31.0 Å². The molecule has 0 spiro atoms. The number of hydrogen-bond donors (Lipinski definition) is 2. The maximum atomic E-state index is 12.9. The fraction of sp³-hybridized carbons (Fsp3) is 0.200. The average Bonchev–Trinajstić information content (AvgIpc) is 3.18. The van der Waals surface area contributed by atoms with Crippen molar-refractivity contribution in [3.8, 4) is 0 Å². The molecule has 142 valence electrons. The van der Waals surface area contributed by atoms with Crippen LogP contribution in [-0.4, -0.2) is 34.3 Å². The molecule has 8 heteroatoms. The first-order valence-electron chi connectivity index (χ1n) is 8.74. The Morgan fingerprint density at radius 2 is 1.93 bits per heavy atom. The third-order valence-corrected chi connectivity index (χ3v) is 5.73. The van der Waals surface area contributed by atoms with Crippen molar-refractivity contribution >= 4 is 44.5 Å². The number of aromatic nitrogens is 1.